The predicted octanol–water partition coefficient (Wildman–Crippen LogP) is 4.41. The summed E-state index contributed by atoms with van der Waals surface area (Å²) in [7, 11) is 1.88. The number of ether oxygens (including phenoxy) is 3. The number of nitrogens with one attached hydrogen (secondary N) is 1. The van der Waals surface area contributed by atoms with Crippen LogP contribution in [0.25, 0.3) is 11.5 Å². The van der Waals surface area contributed by atoms with E-state index in [1.807, 2.05) is 11.9 Å². The zero-order valence-electron chi connectivity index (χ0n) is 25.5. The minimum Gasteiger partial charge on any atom is -0.489 e. The van der Waals surface area contributed by atoms with Gasteiger partial charge in [-0.3, -0.25) is 9.59 Å². The second kappa shape index (κ2) is 14.3. The van der Waals surface area contributed by atoms with Crippen LogP contribution in [0.2, 0.25) is 0 Å². The van der Waals surface area contributed by atoms with Crippen LogP contribution in [-0.4, -0.2) is 79.1 Å². The van der Waals surface area contributed by atoms with Crippen LogP contribution in [0.5, 0.6) is 11.5 Å². The van der Waals surface area contributed by atoms with E-state index in [4.69, 9.17) is 19.6 Å². The van der Waals surface area contributed by atoms with Crippen LogP contribution in [0, 0.1) is 17.6 Å². The van der Waals surface area contributed by atoms with Crippen molar-refractivity contribution in [1.82, 2.24) is 20.1 Å². The second-order valence-corrected chi connectivity index (χ2v) is 11.3. The van der Waals surface area contributed by atoms with Crippen LogP contribution in [0.4, 0.5) is 22.4 Å². The number of alkyl halides is 2. The molecule has 1 aromatic heterocycles. The summed E-state index contributed by atoms with van der Waals surface area (Å²) in [6.07, 6.45) is -0.590. The van der Waals surface area contributed by atoms with Gasteiger partial charge in [0.05, 0.1) is 6.61 Å². The second-order valence-electron chi connectivity index (χ2n) is 11.3. The number of nitrogens with two attached hydrogens (primary N) is 1. The number of piperazine rings is 1. The molecule has 1 saturated heterocycles. The van der Waals surface area contributed by atoms with Gasteiger partial charge in [-0.1, -0.05) is 6.07 Å². The number of benzene rings is 2. The van der Waals surface area contributed by atoms with Crippen LogP contribution in [-0.2, 0) is 9.53 Å². The van der Waals surface area contributed by atoms with E-state index in [-0.39, 0.29) is 46.8 Å². The third-order valence-electron chi connectivity index (χ3n) is 7.72. The van der Waals surface area contributed by atoms with Gasteiger partial charge in [0.15, 0.2) is 29.1 Å². The Balaban J connectivity index is 1.50. The summed E-state index contributed by atoms with van der Waals surface area (Å²) in [5, 5.41) is 2.48. The first-order valence-corrected chi connectivity index (χ1v) is 14.8. The maximum atomic E-state index is 15.0. The molecule has 1 unspecified atom stereocenters. The quantitative estimate of drug-likeness (QED) is 0.269. The fourth-order valence-electron chi connectivity index (χ4n) is 4.98. The van der Waals surface area contributed by atoms with Crippen molar-refractivity contribution in [3.05, 3.63) is 65.1 Å². The van der Waals surface area contributed by atoms with Gasteiger partial charge < -0.3 is 39.5 Å². The first kappa shape index (κ1) is 33.5. The van der Waals surface area contributed by atoms with Crippen molar-refractivity contribution in [3.8, 4) is 23.0 Å². The van der Waals surface area contributed by atoms with Crippen molar-refractivity contribution in [2.24, 2.45) is 11.7 Å². The molecule has 3 aromatic rings. The molecule has 0 bridgehead atoms. The number of oxazole rings is 1. The molecule has 16 heteroatoms. The van der Waals surface area contributed by atoms with Crippen LogP contribution >= 0.6 is 0 Å². The van der Waals surface area contributed by atoms with Crippen molar-refractivity contribution < 1.29 is 50.6 Å². The maximum Gasteiger partial charge on any atom is 0.405 e. The van der Waals surface area contributed by atoms with Crippen LogP contribution in [0.3, 0.4) is 0 Å². The number of carbonyl (C=O) groups excluding carboxylic acids is 3. The molecule has 2 atom stereocenters. The lowest BCUT2D eigenvalue weighted by Crippen LogP contribution is -2.51. The highest BCUT2D eigenvalue weighted by Gasteiger charge is 2.35. The van der Waals surface area contributed by atoms with E-state index in [1.54, 1.807) is 0 Å². The summed E-state index contributed by atoms with van der Waals surface area (Å²) in [6, 6.07) is 4.92. The molecule has 2 heterocycles. The first-order valence-electron chi connectivity index (χ1n) is 14.8. The van der Waals surface area contributed by atoms with Crippen LogP contribution in [0.1, 0.15) is 53.7 Å². The number of hydrogen-bond acceptors (Lipinski definition) is 9. The largest absolute Gasteiger partial charge is 0.489 e. The van der Waals surface area contributed by atoms with Crippen molar-refractivity contribution in [3.63, 3.8) is 0 Å². The molecule has 12 nitrogen and oxygen atoms in total. The Hall–Kier alpha value is -4.86. The number of primary amides is 1. The molecule has 252 valence electrons. The molecule has 1 aliphatic carbocycles. The first-order chi connectivity index (χ1) is 22.4. The van der Waals surface area contributed by atoms with Gasteiger partial charge >= 0.3 is 12.7 Å². The molecule has 1 saturated carbocycles. The van der Waals surface area contributed by atoms with Crippen molar-refractivity contribution in [2.75, 3.05) is 39.8 Å². The van der Waals surface area contributed by atoms with E-state index in [0.717, 1.165) is 25.0 Å². The average molecular weight is 664 g/mol. The van der Waals surface area contributed by atoms with Crippen molar-refractivity contribution >= 4 is 17.9 Å². The van der Waals surface area contributed by atoms with Gasteiger partial charge in [0.2, 0.25) is 11.8 Å². The number of carbonyl (C=O) groups is 3. The van der Waals surface area contributed by atoms with E-state index in [0.29, 0.717) is 32.2 Å². The Labute approximate surface area is 266 Å². The molecule has 3 amide bonds. The number of likely N-dealkylation sites (N-methyl/N-ethyl adjacent to an activating group) is 1. The summed E-state index contributed by atoms with van der Waals surface area (Å²) in [5.41, 5.74) is 4.64. The number of halogens is 4. The topological polar surface area (TPSA) is 149 Å². The van der Waals surface area contributed by atoms with Gasteiger partial charge in [0.1, 0.15) is 17.7 Å². The number of amides is 3. The van der Waals surface area contributed by atoms with Gasteiger partial charge in [0, 0.05) is 43.4 Å². The SMILES string of the molecule is C[C@H](OC(N)=O)c1oc(-c2ccc(OC(F)F)c(OCC3CC3)c2)nc1C(=O)NC(C(=O)N1CCN(C)CC1)c1ccc(F)cc1F. The third kappa shape index (κ3) is 8.30. The Morgan fingerprint density at radius 2 is 1.79 bits per heavy atom. The molecule has 5 rings (SSSR count). The standard InChI is InChI=1S/C31H33F4N5O7/c1-16(45-31(36)43)26-25(38-28(47-26)18-5-8-22(46-30(34)35)23(13-18)44-15-17-3-4-17)27(41)37-24(20-7-6-19(32)14-21(20)33)29(42)40-11-9-39(2)10-12-40/h5-8,13-14,16-17,24,30H,3-4,9-12,15H2,1-2H3,(H2,36,43)(H,37,41)/t16-,24?/m0/s1. The molecular formula is C31H33F4N5O7. The van der Waals surface area contributed by atoms with Crippen LogP contribution in [0.15, 0.2) is 40.8 Å². The minimum atomic E-state index is -3.12. The highest BCUT2D eigenvalue weighted by molar-refractivity contribution is 5.97. The fraction of sp³-hybridized carbons (Fsp3) is 0.419. The Morgan fingerprint density at radius 3 is 2.43 bits per heavy atom. The normalized spacial score (nSPS) is 16.4. The van der Waals surface area contributed by atoms with Gasteiger partial charge in [-0.15, -0.1) is 0 Å². The Morgan fingerprint density at radius 1 is 1.06 bits per heavy atom. The summed E-state index contributed by atoms with van der Waals surface area (Å²) in [4.78, 5) is 46.8. The van der Waals surface area contributed by atoms with Gasteiger partial charge in [-0.25, -0.2) is 18.6 Å². The van der Waals surface area contributed by atoms with E-state index in [1.165, 1.54) is 30.0 Å². The number of rotatable bonds is 12. The smallest absolute Gasteiger partial charge is 0.405 e. The highest BCUT2D eigenvalue weighted by Crippen LogP contribution is 2.37. The molecule has 2 aromatic carbocycles. The van der Waals surface area contributed by atoms with Gasteiger partial charge in [0.25, 0.3) is 5.91 Å². The maximum absolute atomic E-state index is 15.0. The van der Waals surface area contributed by atoms with Gasteiger partial charge in [-0.05, 0) is 57.0 Å². The monoisotopic (exact) mass is 663 g/mol. The van der Waals surface area contributed by atoms with Crippen molar-refractivity contribution in [1.29, 1.82) is 0 Å². The zero-order valence-corrected chi connectivity index (χ0v) is 25.5. The third-order valence-corrected chi connectivity index (χ3v) is 7.72. The molecule has 2 fully saturated rings. The predicted molar refractivity (Wildman–Crippen MR) is 157 cm³/mol. The Bertz CT molecular complexity index is 1630. The summed E-state index contributed by atoms with van der Waals surface area (Å²) in [6.45, 7) is 0.150. The van der Waals surface area contributed by atoms with E-state index >= 15 is 4.39 Å². The van der Waals surface area contributed by atoms with E-state index in [9.17, 15) is 27.6 Å². The van der Waals surface area contributed by atoms with E-state index in [2.05, 4.69) is 15.0 Å². The lowest BCUT2D eigenvalue weighted by Gasteiger charge is -2.35. The van der Waals surface area contributed by atoms with E-state index < -0.39 is 54.0 Å². The summed E-state index contributed by atoms with van der Waals surface area (Å²) < 4.78 is 76.1. The Kier molecular flexibility index (Phi) is 10.2. The molecular weight excluding hydrogens is 630 g/mol. The molecule has 3 N–H and O–H groups in total. The average Bonchev–Trinajstić information content (AvgIpc) is 3.74. The van der Waals surface area contributed by atoms with Crippen LogP contribution < -0.4 is 20.5 Å². The number of nitrogens with zero attached hydrogens (tertiary/aromatic N) is 3. The fourth-order valence-corrected chi connectivity index (χ4v) is 4.98. The molecule has 0 radical (unpaired) electrons. The van der Waals surface area contributed by atoms with Crippen molar-refractivity contribution in [2.45, 2.75) is 38.5 Å². The number of aromatic nitrogens is 1. The lowest BCUT2D eigenvalue weighted by molar-refractivity contribution is -0.135. The summed E-state index contributed by atoms with van der Waals surface area (Å²) in [5.74, 6) is -4.07. The summed E-state index contributed by atoms with van der Waals surface area (Å²) >= 11 is 0. The minimum absolute atomic E-state index is 0.0218. The number of hydrogen-bond donors (Lipinski definition) is 2. The molecule has 2 aliphatic rings. The lowest BCUT2D eigenvalue weighted by atomic mass is 10.0. The van der Waals surface area contributed by atoms with Gasteiger partial charge in [-0.2, -0.15) is 8.78 Å². The molecule has 47 heavy (non-hydrogen) atoms. The molecule has 1 aliphatic heterocycles. The zero-order chi connectivity index (χ0) is 33.8. The highest BCUT2D eigenvalue weighted by atomic mass is 19.3. The molecule has 0 spiro atoms.